The third-order valence-corrected chi connectivity index (χ3v) is 5.62. The van der Waals surface area contributed by atoms with Crippen LogP contribution in [-0.4, -0.2) is 24.5 Å². The van der Waals surface area contributed by atoms with Crippen molar-refractivity contribution in [3.8, 4) is 5.75 Å². The molecule has 146 valence electrons. The summed E-state index contributed by atoms with van der Waals surface area (Å²) in [7, 11) is -4.55. The molecule has 2 N–H and O–H groups in total. The monoisotopic (exact) mass is 431 g/mol. The zero-order valence-electron chi connectivity index (χ0n) is 16.1. The SMILES string of the molecule is Cc1ccc(Nc2ccc([O-])c3c2C(=O)c2ccccc2C3=O)c(S(=O)(=O)O)c1.[Na+]. The van der Waals surface area contributed by atoms with Gasteiger partial charge in [-0.3, -0.25) is 14.1 Å². The predicted molar refractivity (Wildman–Crippen MR) is 103 cm³/mol. The molecular weight excluding hydrogens is 417 g/mol. The van der Waals surface area contributed by atoms with Crippen molar-refractivity contribution in [1.29, 1.82) is 0 Å². The van der Waals surface area contributed by atoms with Gasteiger partial charge in [0.15, 0.2) is 11.6 Å². The molecule has 4 rings (SSSR count). The fraction of sp³-hybridized carbons (Fsp3) is 0.0476. The summed E-state index contributed by atoms with van der Waals surface area (Å²) in [5.74, 6) is -1.68. The normalized spacial score (nSPS) is 12.6. The third-order valence-electron chi connectivity index (χ3n) is 4.72. The van der Waals surface area contributed by atoms with Gasteiger partial charge in [0.05, 0.1) is 16.9 Å². The minimum atomic E-state index is -4.55. The van der Waals surface area contributed by atoms with Gasteiger partial charge in [0.2, 0.25) is 0 Å². The van der Waals surface area contributed by atoms with Gasteiger partial charge < -0.3 is 10.4 Å². The number of rotatable bonds is 3. The molecule has 0 saturated carbocycles. The molecule has 0 fully saturated rings. The molecule has 0 saturated heterocycles. The number of ketones is 2. The second-order valence-electron chi connectivity index (χ2n) is 6.66. The van der Waals surface area contributed by atoms with Gasteiger partial charge in [0.1, 0.15) is 4.90 Å². The van der Waals surface area contributed by atoms with Gasteiger partial charge in [-0.1, -0.05) is 42.1 Å². The molecule has 1 aliphatic carbocycles. The second kappa shape index (κ2) is 7.98. The first-order chi connectivity index (χ1) is 13.7. The summed E-state index contributed by atoms with van der Waals surface area (Å²) in [6.07, 6.45) is 0. The summed E-state index contributed by atoms with van der Waals surface area (Å²) in [6.45, 7) is 1.66. The van der Waals surface area contributed by atoms with E-state index in [1.807, 2.05) is 0 Å². The van der Waals surface area contributed by atoms with Crippen molar-refractivity contribution in [3.05, 3.63) is 82.4 Å². The van der Waals surface area contributed by atoms with Gasteiger partial charge in [-0.05, 0) is 30.7 Å². The molecular formula is C21H14NNaO6S. The molecule has 30 heavy (non-hydrogen) atoms. The first-order valence-corrected chi connectivity index (χ1v) is 10.00. The Hall–Kier alpha value is -2.49. The van der Waals surface area contributed by atoms with E-state index in [1.54, 1.807) is 25.1 Å². The Morgan fingerprint density at radius 3 is 2.03 bits per heavy atom. The molecule has 0 unspecified atom stereocenters. The topological polar surface area (TPSA) is 124 Å². The molecule has 0 atom stereocenters. The number of anilines is 2. The van der Waals surface area contributed by atoms with E-state index in [2.05, 4.69) is 5.32 Å². The molecule has 0 aliphatic heterocycles. The van der Waals surface area contributed by atoms with Crippen LogP contribution < -0.4 is 40.0 Å². The molecule has 0 radical (unpaired) electrons. The van der Waals surface area contributed by atoms with Gasteiger partial charge in [-0.2, -0.15) is 8.42 Å². The predicted octanol–water partition coefficient (Wildman–Crippen LogP) is -0.162. The Bertz CT molecular complexity index is 1320. The van der Waals surface area contributed by atoms with Crippen LogP contribution in [0.25, 0.3) is 0 Å². The maximum Gasteiger partial charge on any atom is 1.00 e. The number of fused-ring (bicyclic) bond motifs is 2. The van der Waals surface area contributed by atoms with Crippen LogP contribution in [0.5, 0.6) is 5.75 Å². The van der Waals surface area contributed by atoms with E-state index < -0.39 is 27.4 Å². The summed E-state index contributed by atoms with van der Waals surface area (Å²) in [4.78, 5) is 25.5. The quantitative estimate of drug-likeness (QED) is 0.341. The maximum atomic E-state index is 13.1. The number of aryl methyl sites for hydroxylation is 1. The van der Waals surface area contributed by atoms with Crippen LogP contribution in [0, 0.1) is 6.92 Å². The van der Waals surface area contributed by atoms with E-state index in [9.17, 15) is 27.7 Å². The molecule has 0 bridgehead atoms. The van der Waals surface area contributed by atoms with Crippen molar-refractivity contribution in [2.45, 2.75) is 11.8 Å². The number of carbonyl (C=O) groups is 2. The van der Waals surface area contributed by atoms with Crippen molar-refractivity contribution in [1.82, 2.24) is 0 Å². The van der Waals surface area contributed by atoms with Gasteiger partial charge in [0, 0.05) is 16.7 Å². The smallest absolute Gasteiger partial charge is 0.872 e. The van der Waals surface area contributed by atoms with Gasteiger partial charge >= 0.3 is 29.6 Å². The number of benzene rings is 3. The summed E-state index contributed by atoms with van der Waals surface area (Å²) in [5.41, 5.74) is 0.632. The van der Waals surface area contributed by atoms with Crippen LogP contribution in [0.4, 0.5) is 11.4 Å². The van der Waals surface area contributed by atoms with Gasteiger partial charge in [-0.15, -0.1) is 0 Å². The number of nitrogens with one attached hydrogen (secondary N) is 1. The minimum Gasteiger partial charge on any atom is -0.872 e. The Kier molecular flexibility index (Phi) is 5.90. The van der Waals surface area contributed by atoms with Crippen molar-refractivity contribution in [2.24, 2.45) is 0 Å². The van der Waals surface area contributed by atoms with E-state index in [1.165, 1.54) is 30.3 Å². The largest absolute Gasteiger partial charge is 1.00 e. The van der Waals surface area contributed by atoms with Crippen LogP contribution in [0.2, 0.25) is 0 Å². The molecule has 3 aromatic rings. The minimum absolute atomic E-state index is 0. The summed E-state index contributed by atoms with van der Waals surface area (Å²) in [6, 6.07) is 13.0. The molecule has 0 amide bonds. The van der Waals surface area contributed by atoms with Crippen LogP contribution in [0.1, 0.15) is 37.4 Å². The van der Waals surface area contributed by atoms with Gasteiger partial charge in [0.25, 0.3) is 10.1 Å². The summed E-state index contributed by atoms with van der Waals surface area (Å²) in [5, 5.41) is 15.2. The first kappa shape index (κ1) is 22.2. The zero-order chi connectivity index (χ0) is 20.9. The van der Waals surface area contributed by atoms with Crippen molar-refractivity contribution in [2.75, 3.05) is 5.32 Å². The Labute approximate surface area is 194 Å². The van der Waals surface area contributed by atoms with Crippen molar-refractivity contribution < 1.29 is 57.2 Å². The van der Waals surface area contributed by atoms with Crippen LogP contribution in [0.3, 0.4) is 0 Å². The van der Waals surface area contributed by atoms with E-state index in [4.69, 9.17) is 0 Å². The molecule has 0 spiro atoms. The number of hydrogen-bond donors (Lipinski definition) is 2. The molecule has 7 nitrogen and oxygen atoms in total. The van der Waals surface area contributed by atoms with Crippen LogP contribution >= 0.6 is 0 Å². The molecule has 3 aromatic carbocycles. The second-order valence-corrected chi connectivity index (χ2v) is 8.05. The molecule has 9 heteroatoms. The molecule has 1 aliphatic rings. The molecule has 0 aromatic heterocycles. The fourth-order valence-electron chi connectivity index (χ4n) is 3.39. The Morgan fingerprint density at radius 1 is 0.867 bits per heavy atom. The average Bonchev–Trinajstić information content (AvgIpc) is 2.68. The fourth-order valence-corrected chi connectivity index (χ4v) is 4.12. The summed E-state index contributed by atoms with van der Waals surface area (Å²) >= 11 is 0. The van der Waals surface area contributed by atoms with Crippen LogP contribution in [-0.2, 0) is 10.1 Å². The number of carbonyl (C=O) groups excluding carboxylic acids is 2. The van der Waals surface area contributed by atoms with Crippen molar-refractivity contribution >= 4 is 33.1 Å². The summed E-state index contributed by atoms with van der Waals surface area (Å²) < 4.78 is 33.1. The molecule has 0 heterocycles. The van der Waals surface area contributed by atoms with Crippen molar-refractivity contribution in [3.63, 3.8) is 0 Å². The zero-order valence-corrected chi connectivity index (χ0v) is 18.9. The number of hydrogen-bond acceptors (Lipinski definition) is 6. The standard InChI is InChI=1S/C21H15NO6S.Na/c1-11-6-7-14(17(10-11)29(26,27)28)22-15-8-9-16(23)19-18(15)20(24)12-4-2-3-5-13(12)21(19)25;/h2-10,22-23H,1H3,(H,26,27,28);/q;+1/p-1. The Morgan fingerprint density at radius 2 is 1.43 bits per heavy atom. The van der Waals surface area contributed by atoms with E-state index >= 15 is 0 Å². The van der Waals surface area contributed by atoms with Gasteiger partial charge in [-0.25, -0.2) is 0 Å². The first-order valence-electron chi connectivity index (χ1n) is 8.56. The third kappa shape index (κ3) is 3.68. The average molecular weight is 431 g/mol. The Balaban J connectivity index is 0.00000256. The van der Waals surface area contributed by atoms with E-state index in [0.717, 1.165) is 6.07 Å². The van der Waals surface area contributed by atoms with E-state index in [-0.39, 0.29) is 68.1 Å². The van der Waals surface area contributed by atoms with Crippen LogP contribution in [0.15, 0.2) is 59.5 Å². The maximum absolute atomic E-state index is 13.1. The van der Waals surface area contributed by atoms with E-state index in [0.29, 0.717) is 5.56 Å².